The van der Waals surface area contributed by atoms with Crippen molar-refractivity contribution in [2.75, 3.05) is 20.1 Å². The number of piperazine rings is 1. The van der Waals surface area contributed by atoms with Gasteiger partial charge in [0.25, 0.3) is 0 Å². The summed E-state index contributed by atoms with van der Waals surface area (Å²) in [6.07, 6.45) is 2.03. The molecule has 1 atom stereocenters. The SMILES string of the molecule is CN(C(=O)CC1C(=O)NCCN1Cc1ccccc1)C1CC(C)(C)NC(C)(C)C1. The molecule has 0 saturated carbocycles. The fourth-order valence-corrected chi connectivity index (χ4v) is 5.05. The number of piperidine rings is 1. The second-order valence-corrected chi connectivity index (χ2v) is 9.93. The van der Waals surface area contributed by atoms with Crippen LogP contribution in [0.4, 0.5) is 0 Å². The van der Waals surface area contributed by atoms with Crippen molar-refractivity contribution in [2.24, 2.45) is 0 Å². The summed E-state index contributed by atoms with van der Waals surface area (Å²) >= 11 is 0. The maximum Gasteiger partial charge on any atom is 0.237 e. The van der Waals surface area contributed by atoms with Gasteiger partial charge in [-0.1, -0.05) is 30.3 Å². The molecule has 3 rings (SSSR count). The zero-order valence-corrected chi connectivity index (χ0v) is 18.5. The lowest BCUT2D eigenvalue weighted by atomic mass is 9.79. The third kappa shape index (κ3) is 5.58. The maximum atomic E-state index is 13.2. The molecule has 2 amide bonds. The minimum Gasteiger partial charge on any atom is -0.353 e. The van der Waals surface area contributed by atoms with E-state index in [1.165, 1.54) is 0 Å². The molecule has 0 bridgehead atoms. The van der Waals surface area contributed by atoms with E-state index in [1.54, 1.807) is 0 Å². The number of benzene rings is 1. The topological polar surface area (TPSA) is 64.7 Å². The van der Waals surface area contributed by atoms with E-state index in [-0.39, 0.29) is 35.4 Å². The highest BCUT2D eigenvalue weighted by molar-refractivity contribution is 5.88. The molecule has 0 spiro atoms. The second-order valence-electron chi connectivity index (χ2n) is 9.93. The summed E-state index contributed by atoms with van der Waals surface area (Å²) in [5, 5.41) is 6.60. The van der Waals surface area contributed by atoms with E-state index in [0.29, 0.717) is 13.1 Å². The van der Waals surface area contributed by atoms with E-state index in [9.17, 15) is 9.59 Å². The normalized spacial score (nSPS) is 24.7. The molecule has 6 heteroatoms. The maximum absolute atomic E-state index is 13.2. The molecule has 0 aromatic heterocycles. The lowest BCUT2D eigenvalue weighted by Gasteiger charge is -2.49. The summed E-state index contributed by atoms with van der Waals surface area (Å²) in [4.78, 5) is 29.8. The Morgan fingerprint density at radius 2 is 1.76 bits per heavy atom. The number of rotatable bonds is 5. The molecule has 2 fully saturated rings. The molecule has 2 N–H and O–H groups in total. The highest BCUT2D eigenvalue weighted by Crippen LogP contribution is 2.31. The lowest BCUT2D eigenvalue weighted by Crippen LogP contribution is -2.63. The Balaban J connectivity index is 1.68. The van der Waals surface area contributed by atoms with Gasteiger partial charge in [0, 0.05) is 43.8 Å². The first-order valence-corrected chi connectivity index (χ1v) is 10.7. The zero-order chi connectivity index (χ0) is 21.2. The van der Waals surface area contributed by atoms with E-state index in [0.717, 1.165) is 24.9 Å². The number of hydrogen-bond donors (Lipinski definition) is 2. The molecule has 2 saturated heterocycles. The van der Waals surface area contributed by atoms with Crippen LogP contribution in [-0.2, 0) is 16.1 Å². The van der Waals surface area contributed by atoms with Gasteiger partial charge in [0.15, 0.2) is 0 Å². The Bertz CT molecular complexity index is 716. The molecule has 6 nitrogen and oxygen atoms in total. The van der Waals surface area contributed by atoms with Crippen LogP contribution >= 0.6 is 0 Å². The predicted octanol–water partition coefficient (Wildman–Crippen LogP) is 2.14. The molecule has 2 aliphatic heterocycles. The summed E-state index contributed by atoms with van der Waals surface area (Å²) in [6.45, 7) is 10.8. The second kappa shape index (κ2) is 8.44. The quantitative estimate of drug-likeness (QED) is 0.795. The molecule has 160 valence electrons. The molecule has 0 radical (unpaired) electrons. The van der Waals surface area contributed by atoms with Gasteiger partial charge in [-0.05, 0) is 46.1 Å². The number of carbonyl (C=O) groups is 2. The Morgan fingerprint density at radius 1 is 1.14 bits per heavy atom. The van der Waals surface area contributed by atoms with Gasteiger partial charge in [-0.2, -0.15) is 0 Å². The van der Waals surface area contributed by atoms with Crippen molar-refractivity contribution in [2.45, 2.75) is 76.7 Å². The third-order valence-electron chi connectivity index (χ3n) is 6.15. The zero-order valence-electron chi connectivity index (χ0n) is 18.5. The van der Waals surface area contributed by atoms with Crippen molar-refractivity contribution in [3.05, 3.63) is 35.9 Å². The van der Waals surface area contributed by atoms with Gasteiger partial charge in [0.05, 0.1) is 12.5 Å². The van der Waals surface area contributed by atoms with Crippen LogP contribution in [0.1, 0.15) is 52.5 Å². The molecular formula is C23H36N4O2. The Kier molecular flexibility index (Phi) is 6.34. The number of hydrogen-bond acceptors (Lipinski definition) is 4. The fourth-order valence-electron chi connectivity index (χ4n) is 5.05. The smallest absolute Gasteiger partial charge is 0.237 e. The van der Waals surface area contributed by atoms with Gasteiger partial charge in [-0.15, -0.1) is 0 Å². The molecule has 1 unspecified atom stereocenters. The van der Waals surface area contributed by atoms with Crippen molar-refractivity contribution in [1.82, 2.24) is 20.4 Å². The van der Waals surface area contributed by atoms with Gasteiger partial charge >= 0.3 is 0 Å². The van der Waals surface area contributed by atoms with Gasteiger partial charge in [-0.3, -0.25) is 14.5 Å². The summed E-state index contributed by atoms with van der Waals surface area (Å²) in [5.41, 5.74) is 1.11. The number of nitrogens with zero attached hydrogens (tertiary/aromatic N) is 2. The highest BCUT2D eigenvalue weighted by Gasteiger charge is 2.41. The minimum absolute atomic E-state index is 0.0253. The average molecular weight is 401 g/mol. The summed E-state index contributed by atoms with van der Waals surface area (Å²) in [7, 11) is 1.90. The van der Waals surface area contributed by atoms with Crippen LogP contribution in [0.2, 0.25) is 0 Å². The molecular weight excluding hydrogens is 364 g/mol. The molecule has 2 aliphatic rings. The highest BCUT2D eigenvalue weighted by atomic mass is 16.2. The molecule has 2 heterocycles. The Hall–Kier alpha value is -1.92. The first-order chi connectivity index (χ1) is 13.6. The summed E-state index contributed by atoms with van der Waals surface area (Å²) in [5.74, 6) is 0.00325. The van der Waals surface area contributed by atoms with Crippen LogP contribution in [0, 0.1) is 0 Å². The van der Waals surface area contributed by atoms with Gasteiger partial charge < -0.3 is 15.5 Å². The Morgan fingerprint density at radius 3 is 2.38 bits per heavy atom. The average Bonchev–Trinajstić information content (AvgIpc) is 2.62. The largest absolute Gasteiger partial charge is 0.353 e. The standard InChI is InChI=1S/C23H36N4O2/c1-22(2)14-18(15-23(3,4)25-22)26(5)20(28)13-19-21(29)24-11-12-27(19)16-17-9-7-6-8-10-17/h6-10,18-19,25H,11-16H2,1-5H3,(H,24,29). The van der Waals surface area contributed by atoms with Crippen molar-refractivity contribution >= 4 is 11.8 Å². The number of amides is 2. The van der Waals surface area contributed by atoms with E-state index in [4.69, 9.17) is 0 Å². The van der Waals surface area contributed by atoms with E-state index >= 15 is 0 Å². The molecule has 1 aromatic rings. The van der Waals surface area contributed by atoms with Crippen molar-refractivity contribution < 1.29 is 9.59 Å². The predicted molar refractivity (Wildman–Crippen MR) is 115 cm³/mol. The molecule has 0 aliphatic carbocycles. The van der Waals surface area contributed by atoms with Crippen LogP contribution < -0.4 is 10.6 Å². The van der Waals surface area contributed by atoms with Crippen LogP contribution in [-0.4, -0.2) is 64.9 Å². The fraction of sp³-hybridized carbons (Fsp3) is 0.652. The van der Waals surface area contributed by atoms with Crippen molar-refractivity contribution in [3.8, 4) is 0 Å². The van der Waals surface area contributed by atoms with Crippen LogP contribution in [0.3, 0.4) is 0 Å². The van der Waals surface area contributed by atoms with Crippen LogP contribution in [0.15, 0.2) is 30.3 Å². The number of nitrogens with one attached hydrogen (secondary N) is 2. The first-order valence-electron chi connectivity index (χ1n) is 10.7. The van der Waals surface area contributed by atoms with Gasteiger partial charge in [0.2, 0.25) is 11.8 Å². The van der Waals surface area contributed by atoms with Crippen molar-refractivity contribution in [3.63, 3.8) is 0 Å². The lowest BCUT2D eigenvalue weighted by molar-refractivity contribution is -0.140. The number of carbonyl (C=O) groups excluding carboxylic acids is 2. The molecule has 29 heavy (non-hydrogen) atoms. The van der Waals surface area contributed by atoms with Gasteiger partial charge in [0.1, 0.15) is 0 Å². The van der Waals surface area contributed by atoms with Crippen molar-refractivity contribution in [1.29, 1.82) is 0 Å². The molecule has 1 aromatic carbocycles. The van der Waals surface area contributed by atoms with Crippen LogP contribution in [0.5, 0.6) is 0 Å². The Labute approximate surface area is 175 Å². The minimum atomic E-state index is -0.415. The third-order valence-corrected chi connectivity index (χ3v) is 6.15. The summed E-state index contributed by atoms with van der Waals surface area (Å²) < 4.78 is 0. The van der Waals surface area contributed by atoms with Gasteiger partial charge in [-0.25, -0.2) is 0 Å². The first kappa shape index (κ1) is 21.8. The van der Waals surface area contributed by atoms with E-state index in [1.807, 2.05) is 30.1 Å². The van der Waals surface area contributed by atoms with E-state index < -0.39 is 6.04 Å². The monoisotopic (exact) mass is 400 g/mol. The van der Waals surface area contributed by atoms with E-state index in [2.05, 4.69) is 55.4 Å². The summed E-state index contributed by atoms with van der Waals surface area (Å²) in [6, 6.07) is 9.89. The van der Waals surface area contributed by atoms with Crippen LogP contribution in [0.25, 0.3) is 0 Å².